The fourth-order valence-electron chi connectivity index (χ4n) is 4.05. The van der Waals surface area contributed by atoms with Gasteiger partial charge in [0, 0.05) is 6.61 Å². The molecule has 1 aliphatic heterocycles. The van der Waals surface area contributed by atoms with Gasteiger partial charge in [0.1, 0.15) is 0 Å². The summed E-state index contributed by atoms with van der Waals surface area (Å²) in [6.45, 7) is 1.02. The molecule has 1 nitrogen and oxygen atoms in total. The minimum absolute atomic E-state index is 0.612. The minimum atomic E-state index is 0.612. The van der Waals surface area contributed by atoms with Crippen LogP contribution in [-0.2, 0) is 4.74 Å². The Balaban J connectivity index is 1.25. The second-order valence-electron chi connectivity index (χ2n) is 6.31. The molecule has 17 heavy (non-hydrogen) atoms. The topological polar surface area (TPSA) is 9.23 Å². The SMILES string of the molecule is C1=CC2CC1CC2CCCCCC1CCCO1. The molecule has 0 N–H and O–H groups in total. The molecule has 0 aromatic rings. The monoisotopic (exact) mass is 234 g/mol. The molecule has 0 spiro atoms. The van der Waals surface area contributed by atoms with Crippen LogP contribution in [0.3, 0.4) is 0 Å². The molecule has 0 amide bonds. The lowest BCUT2D eigenvalue weighted by atomic mass is 9.88. The first-order valence-electron chi connectivity index (χ1n) is 7.72. The average Bonchev–Trinajstić information content (AvgIpc) is 3.05. The predicted octanol–water partition coefficient (Wildman–Crippen LogP) is 4.33. The van der Waals surface area contributed by atoms with Gasteiger partial charge in [-0.1, -0.05) is 31.4 Å². The van der Waals surface area contributed by atoms with Gasteiger partial charge in [-0.3, -0.25) is 0 Å². The number of rotatable bonds is 6. The molecule has 2 aliphatic carbocycles. The van der Waals surface area contributed by atoms with Gasteiger partial charge in [0.15, 0.2) is 0 Å². The van der Waals surface area contributed by atoms with E-state index < -0.39 is 0 Å². The Morgan fingerprint density at radius 1 is 1.00 bits per heavy atom. The van der Waals surface area contributed by atoms with Gasteiger partial charge in [0.2, 0.25) is 0 Å². The van der Waals surface area contributed by atoms with Crippen molar-refractivity contribution in [2.75, 3.05) is 6.61 Å². The van der Waals surface area contributed by atoms with Crippen molar-refractivity contribution in [3.8, 4) is 0 Å². The van der Waals surface area contributed by atoms with Crippen LogP contribution < -0.4 is 0 Å². The quantitative estimate of drug-likeness (QED) is 0.491. The van der Waals surface area contributed by atoms with E-state index >= 15 is 0 Å². The first kappa shape index (κ1) is 11.8. The standard InChI is InChI=1S/C16H26O/c1(3-6-16-7-4-10-17-16)2-5-14-11-13-8-9-15(14)12-13/h8-9,13-16H,1-7,10-12H2. The molecular formula is C16H26O. The Bertz CT molecular complexity index is 265. The van der Waals surface area contributed by atoms with Crippen LogP contribution in [0.5, 0.6) is 0 Å². The molecule has 4 atom stereocenters. The van der Waals surface area contributed by atoms with E-state index in [9.17, 15) is 0 Å². The van der Waals surface area contributed by atoms with Crippen LogP contribution in [-0.4, -0.2) is 12.7 Å². The van der Waals surface area contributed by atoms with Crippen molar-refractivity contribution < 1.29 is 4.74 Å². The maximum Gasteiger partial charge on any atom is 0.0576 e. The summed E-state index contributed by atoms with van der Waals surface area (Å²) in [6, 6.07) is 0. The number of hydrogen-bond donors (Lipinski definition) is 0. The van der Waals surface area contributed by atoms with Crippen LogP contribution >= 0.6 is 0 Å². The number of fused-ring (bicyclic) bond motifs is 2. The van der Waals surface area contributed by atoms with Crippen molar-refractivity contribution in [3.63, 3.8) is 0 Å². The van der Waals surface area contributed by atoms with Crippen LogP contribution in [0.15, 0.2) is 12.2 Å². The Labute approximate surface area is 106 Å². The highest BCUT2D eigenvalue weighted by Gasteiger charge is 2.34. The molecule has 1 heteroatoms. The van der Waals surface area contributed by atoms with Crippen LogP contribution in [0.4, 0.5) is 0 Å². The van der Waals surface area contributed by atoms with Crippen molar-refractivity contribution in [2.24, 2.45) is 17.8 Å². The average molecular weight is 234 g/mol. The molecule has 2 bridgehead atoms. The van der Waals surface area contributed by atoms with Crippen LogP contribution in [0.1, 0.15) is 57.8 Å². The van der Waals surface area contributed by atoms with E-state index in [2.05, 4.69) is 12.2 Å². The van der Waals surface area contributed by atoms with Crippen molar-refractivity contribution in [1.82, 2.24) is 0 Å². The molecule has 1 saturated carbocycles. The predicted molar refractivity (Wildman–Crippen MR) is 70.9 cm³/mol. The third kappa shape index (κ3) is 2.93. The van der Waals surface area contributed by atoms with Gasteiger partial charge in [0.25, 0.3) is 0 Å². The van der Waals surface area contributed by atoms with Crippen LogP contribution in [0.25, 0.3) is 0 Å². The molecule has 96 valence electrons. The molecule has 3 rings (SSSR count). The van der Waals surface area contributed by atoms with Crippen molar-refractivity contribution >= 4 is 0 Å². The summed E-state index contributed by atoms with van der Waals surface area (Å²) >= 11 is 0. The molecule has 0 radical (unpaired) electrons. The highest BCUT2D eigenvalue weighted by molar-refractivity contribution is 5.09. The Morgan fingerprint density at radius 3 is 2.65 bits per heavy atom. The Kier molecular flexibility index (Phi) is 3.85. The number of unbranched alkanes of at least 4 members (excludes halogenated alkanes) is 2. The van der Waals surface area contributed by atoms with Gasteiger partial charge < -0.3 is 4.74 Å². The lowest BCUT2D eigenvalue weighted by Gasteiger charge is -2.17. The molecule has 0 aromatic heterocycles. The summed E-state index contributed by atoms with van der Waals surface area (Å²) in [6.07, 6.45) is 18.2. The van der Waals surface area contributed by atoms with E-state index in [1.807, 2.05) is 0 Å². The number of ether oxygens (including phenoxy) is 1. The van der Waals surface area contributed by atoms with Gasteiger partial charge >= 0.3 is 0 Å². The number of allylic oxidation sites excluding steroid dienone is 2. The normalized spacial score (nSPS) is 39.3. The molecule has 4 unspecified atom stereocenters. The Hall–Kier alpha value is -0.300. The maximum atomic E-state index is 5.66. The summed E-state index contributed by atoms with van der Waals surface area (Å²) < 4.78 is 5.66. The zero-order valence-electron chi connectivity index (χ0n) is 10.9. The van der Waals surface area contributed by atoms with E-state index in [0.717, 1.165) is 24.4 Å². The first-order valence-corrected chi connectivity index (χ1v) is 7.72. The Morgan fingerprint density at radius 2 is 1.94 bits per heavy atom. The van der Waals surface area contributed by atoms with E-state index in [1.165, 1.54) is 57.8 Å². The number of hydrogen-bond acceptors (Lipinski definition) is 1. The second-order valence-corrected chi connectivity index (χ2v) is 6.31. The molecule has 3 aliphatic rings. The smallest absolute Gasteiger partial charge is 0.0576 e. The summed E-state index contributed by atoms with van der Waals surface area (Å²) in [5.41, 5.74) is 0. The molecule has 2 fully saturated rings. The van der Waals surface area contributed by atoms with Crippen LogP contribution in [0, 0.1) is 17.8 Å². The molecule has 0 aromatic carbocycles. The minimum Gasteiger partial charge on any atom is -0.378 e. The highest BCUT2D eigenvalue weighted by atomic mass is 16.5. The van der Waals surface area contributed by atoms with Gasteiger partial charge in [-0.15, -0.1) is 0 Å². The van der Waals surface area contributed by atoms with Crippen molar-refractivity contribution in [2.45, 2.75) is 63.9 Å². The third-order valence-corrected chi connectivity index (χ3v) is 5.04. The molecular weight excluding hydrogens is 208 g/mol. The molecule has 1 saturated heterocycles. The van der Waals surface area contributed by atoms with Gasteiger partial charge in [-0.05, 0) is 56.3 Å². The highest BCUT2D eigenvalue weighted by Crippen LogP contribution is 2.45. The second kappa shape index (κ2) is 5.56. The summed E-state index contributed by atoms with van der Waals surface area (Å²) in [5, 5.41) is 0. The third-order valence-electron chi connectivity index (χ3n) is 5.04. The van der Waals surface area contributed by atoms with E-state index in [4.69, 9.17) is 4.74 Å². The zero-order valence-corrected chi connectivity index (χ0v) is 10.9. The van der Waals surface area contributed by atoms with Gasteiger partial charge in [0.05, 0.1) is 6.10 Å². The zero-order chi connectivity index (χ0) is 11.5. The summed E-state index contributed by atoms with van der Waals surface area (Å²) in [4.78, 5) is 0. The fourth-order valence-corrected chi connectivity index (χ4v) is 4.05. The fraction of sp³-hybridized carbons (Fsp3) is 0.875. The van der Waals surface area contributed by atoms with E-state index in [-0.39, 0.29) is 0 Å². The van der Waals surface area contributed by atoms with Crippen molar-refractivity contribution in [3.05, 3.63) is 12.2 Å². The summed E-state index contributed by atoms with van der Waals surface area (Å²) in [5.74, 6) is 2.95. The summed E-state index contributed by atoms with van der Waals surface area (Å²) in [7, 11) is 0. The van der Waals surface area contributed by atoms with Gasteiger partial charge in [-0.2, -0.15) is 0 Å². The van der Waals surface area contributed by atoms with Crippen molar-refractivity contribution in [1.29, 1.82) is 0 Å². The lowest BCUT2D eigenvalue weighted by Crippen LogP contribution is -2.07. The van der Waals surface area contributed by atoms with E-state index in [0.29, 0.717) is 6.10 Å². The van der Waals surface area contributed by atoms with Gasteiger partial charge in [-0.25, -0.2) is 0 Å². The lowest BCUT2D eigenvalue weighted by molar-refractivity contribution is 0.102. The van der Waals surface area contributed by atoms with Crippen LogP contribution in [0.2, 0.25) is 0 Å². The first-order chi connectivity index (χ1) is 8.42. The molecule has 1 heterocycles. The largest absolute Gasteiger partial charge is 0.378 e. The maximum absolute atomic E-state index is 5.66. The van der Waals surface area contributed by atoms with E-state index in [1.54, 1.807) is 0 Å².